The number of carboxylic acid groups (broad SMARTS) is 1. The molecule has 34 heavy (non-hydrogen) atoms. The highest BCUT2D eigenvalue weighted by Crippen LogP contribution is 2.26. The fraction of sp³-hybridized carbons (Fsp3) is 0.259. The Balaban J connectivity index is 1.61. The van der Waals surface area contributed by atoms with Crippen LogP contribution in [0, 0.1) is 0 Å². The Morgan fingerprint density at radius 1 is 1.00 bits per heavy atom. The molecule has 0 aliphatic heterocycles. The molecule has 1 N–H and O–H groups in total. The third-order valence-corrected chi connectivity index (χ3v) is 5.58. The van der Waals surface area contributed by atoms with Gasteiger partial charge in [0.15, 0.2) is 11.7 Å². The van der Waals surface area contributed by atoms with Crippen molar-refractivity contribution in [1.29, 1.82) is 0 Å². The average molecular weight is 460 g/mol. The average Bonchev–Trinajstić information content (AvgIpc) is 3.27. The van der Waals surface area contributed by atoms with Crippen LogP contribution >= 0.6 is 0 Å². The van der Waals surface area contributed by atoms with Crippen molar-refractivity contribution >= 4 is 28.8 Å². The Morgan fingerprint density at radius 2 is 1.74 bits per heavy atom. The quantitative estimate of drug-likeness (QED) is 0.343. The number of fused-ring (bicyclic) bond motifs is 1. The van der Waals surface area contributed by atoms with Crippen LogP contribution in [0.25, 0.3) is 11.1 Å². The van der Waals surface area contributed by atoms with E-state index in [1.165, 1.54) is 0 Å². The lowest BCUT2D eigenvalue weighted by Crippen LogP contribution is -2.26. The van der Waals surface area contributed by atoms with Crippen LogP contribution in [0.15, 0.2) is 77.2 Å². The highest BCUT2D eigenvalue weighted by atomic mass is 16.5. The molecule has 176 valence electrons. The Bertz CT molecular complexity index is 1220. The van der Waals surface area contributed by atoms with Crippen molar-refractivity contribution in [2.75, 3.05) is 23.9 Å². The second kappa shape index (κ2) is 10.3. The van der Waals surface area contributed by atoms with Crippen molar-refractivity contribution < 1.29 is 19.1 Å². The minimum absolute atomic E-state index is 0.386. The number of carbonyl (C=O) groups is 1. The van der Waals surface area contributed by atoms with E-state index in [1.807, 2.05) is 56.6 Å². The Kier molecular flexibility index (Phi) is 7.01. The van der Waals surface area contributed by atoms with Gasteiger partial charge in [0.25, 0.3) is 6.01 Å². The second-order valence-electron chi connectivity index (χ2n) is 8.38. The molecule has 4 rings (SSSR count). The number of hydrogen-bond donors (Lipinski definition) is 1. The van der Waals surface area contributed by atoms with E-state index in [9.17, 15) is 9.90 Å². The summed E-state index contributed by atoms with van der Waals surface area (Å²) in [5.41, 5.74) is 4.75. The van der Waals surface area contributed by atoms with Crippen molar-refractivity contribution in [2.45, 2.75) is 32.5 Å². The Morgan fingerprint density at radius 3 is 2.41 bits per heavy atom. The maximum atomic E-state index is 11.4. The number of carboxylic acids is 1. The number of nitrogens with zero attached hydrogens (tertiary/aromatic N) is 3. The van der Waals surface area contributed by atoms with E-state index in [2.05, 4.69) is 34.1 Å². The molecule has 7 nitrogen and oxygen atoms in total. The van der Waals surface area contributed by atoms with Crippen molar-refractivity contribution in [3.8, 4) is 5.75 Å². The molecule has 1 heterocycles. The summed E-state index contributed by atoms with van der Waals surface area (Å²) in [6, 6.07) is 24.1. The molecular weight excluding hydrogens is 430 g/mol. The van der Waals surface area contributed by atoms with E-state index >= 15 is 0 Å². The van der Waals surface area contributed by atoms with Gasteiger partial charge in [-0.1, -0.05) is 43.3 Å². The molecule has 7 heteroatoms. The van der Waals surface area contributed by atoms with Crippen LogP contribution in [0.4, 0.5) is 11.7 Å². The molecule has 1 aromatic heterocycles. The summed E-state index contributed by atoms with van der Waals surface area (Å²) >= 11 is 0. The fourth-order valence-electron chi connectivity index (χ4n) is 3.72. The molecule has 0 aliphatic carbocycles. The van der Waals surface area contributed by atoms with Crippen LogP contribution in [0.5, 0.6) is 5.75 Å². The third-order valence-electron chi connectivity index (χ3n) is 5.58. The van der Waals surface area contributed by atoms with Crippen molar-refractivity contribution in [2.24, 2.45) is 0 Å². The first-order valence-electron chi connectivity index (χ1n) is 11.3. The number of rotatable bonds is 10. The first-order valence-corrected chi connectivity index (χ1v) is 11.3. The van der Waals surface area contributed by atoms with Gasteiger partial charge in [0.05, 0.1) is 0 Å². The third kappa shape index (κ3) is 5.49. The summed E-state index contributed by atoms with van der Waals surface area (Å²) in [7, 11) is 4.03. The van der Waals surface area contributed by atoms with Crippen molar-refractivity contribution in [1.82, 2.24) is 4.98 Å². The van der Waals surface area contributed by atoms with Gasteiger partial charge in [-0.25, -0.2) is 4.79 Å². The van der Waals surface area contributed by atoms with E-state index in [4.69, 9.17) is 14.1 Å². The SMILES string of the molecule is CCC(Oc1cccc(CN(Cc2ccc(N(C)C)cc2)c2nc3ccccc3o2)c1)C(=O)O. The van der Waals surface area contributed by atoms with Gasteiger partial charge in [0.2, 0.25) is 0 Å². The van der Waals surface area contributed by atoms with Gasteiger partial charge in [0.1, 0.15) is 11.3 Å². The van der Waals surface area contributed by atoms with E-state index in [0.29, 0.717) is 31.3 Å². The van der Waals surface area contributed by atoms with Crippen LogP contribution in [-0.2, 0) is 17.9 Å². The fourth-order valence-corrected chi connectivity index (χ4v) is 3.72. The summed E-state index contributed by atoms with van der Waals surface area (Å²) in [4.78, 5) is 20.2. The molecule has 0 saturated heterocycles. The number of para-hydroxylation sites is 2. The molecule has 0 aliphatic rings. The van der Waals surface area contributed by atoms with Crippen LogP contribution in [0.3, 0.4) is 0 Å². The minimum atomic E-state index is -0.970. The lowest BCUT2D eigenvalue weighted by atomic mass is 10.1. The number of aromatic nitrogens is 1. The highest BCUT2D eigenvalue weighted by molar-refractivity contribution is 5.74. The zero-order chi connectivity index (χ0) is 24.1. The van der Waals surface area contributed by atoms with Gasteiger partial charge in [0, 0.05) is 32.9 Å². The molecule has 4 aromatic rings. The first kappa shape index (κ1) is 23.2. The largest absolute Gasteiger partial charge is 0.479 e. The summed E-state index contributed by atoms with van der Waals surface area (Å²) in [6.45, 7) is 2.90. The van der Waals surface area contributed by atoms with E-state index < -0.39 is 12.1 Å². The van der Waals surface area contributed by atoms with Gasteiger partial charge in [-0.3, -0.25) is 0 Å². The van der Waals surface area contributed by atoms with Crippen LogP contribution in [-0.4, -0.2) is 36.3 Å². The zero-order valence-corrected chi connectivity index (χ0v) is 19.6. The number of anilines is 2. The maximum absolute atomic E-state index is 11.4. The lowest BCUT2D eigenvalue weighted by molar-refractivity contribution is -0.145. The van der Waals surface area contributed by atoms with E-state index in [1.54, 1.807) is 13.0 Å². The van der Waals surface area contributed by atoms with Crippen LogP contribution < -0.4 is 14.5 Å². The second-order valence-corrected chi connectivity index (χ2v) is 8.38. The molecule has 1 atom stereocenters. The first-order chi connectivity index (χ1) is 16.4. The molecular formula is C27H29N3O4. The molecule has 0 radical (unpaired) electrons. The molecule has 1 unspecified atom stereocenters. The predicted molar refractivity (Wildman–Crippen MR) is 133 cm³/mol. The maximum Gasteiger partial charge on any atom is 0.344 e. The molecule has 0 saturated carbocycles. The minimum Gasteiger partial charge on any atom is -0.479 e. The van der Waals surface area contributed by atoms with Crippen molar-refractivity contribution in [3.05, 3.63) is 83.9 Å². The standard InChI is InChI=1S/C27H29N3O4/c1-4-24(26(31)32)33-22-9-7-8-20(16-22)18-30(17-19-12-14-21(15-13-19)29(2)3)27-28-23-10-5-6-11-25(23)34-27/h5-16,24H,4,17-18H2,1-3H3,(H,31,32). The Hall–Kier alpha value is -4.00. The number of oxazole rings is 1. The number of hydrogen-bond acceptors (Lipinski definition) is 6. The monoisotopic (exact) mass is 459 g/mol. The molecule has 0 bridgehead atoms. The lowest BCUT2D eigenvalue weighted by Gasteiger charge is -2.22. The zero-order valence-electron chi connectivity index (χ0n) is 19.6. The van der Waals surface area contributed by atoms with Gasteiger partial charge in [-0.05, 0) is 53.9 Å². The molecule has 3 aromatic carbocycles. The summed E-state index contributed by atoms with van der Waals surface area (Å²) in [6.07, 6.45) is -0.490. The summed E-state index contributed by atoms with van der Waals surface area (Å²) in [5.74, 6) is -0.443. The highest BCUT2D eigenvalue weighted by Gasteiger charge is 2.19. The van der Waals surface area contributed by atoms with E-state index in [0.717, 1.165) is 27.9 Å². The number of aliphatic carboxylic acids is 1. The summed E-state index contributed by atoms with van der Waals surface area (Å²) < 4.78 is 11.8. The topological polar surface area (TPSA) is 79.0 Å². The van der Waals surface area contributed by atoms with Crippen LogP contribution in [0.2, 0.25) is 0 Å². The molecule has 0 amide bonds. The Labute approximate surface area is 199 Å². The number of benzene rings is 3. The normalized spacial score (nSPS) is 11.9. The number of ether oxygens (including phenoxy) is 1. The molecule has 0 fully saturated rings. The van der Waals surface area contributed by atoms with E-state index in [-0.39, 0.29) is 0 Å². The van der Waals surface area contributed by atoms with Gasteiger partial charge >= 0.3 is 5.97 Å². The summed E-state index contributed by atoms with van der Waals surface area (Å²) in [5, 5.41) is 9.33. The predicted octanol–water partition coefficient (Wildman–Crippen LogP) is 5.34. The van der Waals surface area contributed by atoms with Gasteiger partial charge < -0.3 is 24.1 Å². The molecule has 0 spiro atoms. The van der Waals surface area contributed by atoms with Crippen molar-refractivity contribution in [3.63, 3.8) is 0 Å². The van der Waals surface area contributed by atoms with Gasteiger partial charge in [-0.2, -0.15) is 4.98 Å². The smallest absolute Gasteiger partial charge is 0.344 e. The van der Waals surface area contributed by atoms with Crippen LogP contribution in [0.1, 0.15) is 24.5 Å². The van der Waals surface area contributed by atoms with Gasteiger partial charge in [-0.15, -0.1) is 0 Å².